The summed E-state index contributed by atoms with van der Waals surface area (Å²) in [6, 6.07) is 3.53. The molecule has 1 spiro atoms. The predicted molar refractivity (Wildman–Crippen MR) is 140 cm³/mol. The molecule has 0 aliphatic carbocycles. The molecule has 3 saturated heterocycles. The van der Waals surface area contributed by atoms with E-state index in [4.69, 9.17) is 0 Å². The number of piperazine rings is 1. The van der Waals surface area contributed by atoms with Crippen LogP contribution in [0.1, 0.15) is 30.9 Å². The number of barbiturate groups is 2. The number of urea groups is 2. The number of imide groups is 4. The van der Waals surface area contributed by atoms with Crippen LogP contribution in [0.3, 0.4) is 0 Å². The van der Waals surface area contributed by atoms with Crippen molar-refractivity contribution in [3.63, 3.8) is 0 Å². The standard InChI is InChI=1S/C27H32N6O6/c1-5-6-9-33-22(35)18(21(34)28-25(33)38)13-16-7-8-19-17(12-16)14-27(20-15-29(2)10-11-32(19)20)23(36)30(3)26(39)31(4)24(27)37/h7-8,12-13,20H,5-6,9-11,14-15H2,1-4H3,(H,28,34,38)/b18-13+/t20-/m1/s1. The normalized spacial score (nSPS) is 24.5. The van der Waals surface area contributed by atoms with E-state index in [0.29, 0.717) is 30.6 Å². The zero-order valence-corrected chi connectivity index (χ0v) is 22.5. The molecule has 0 unspecified atom stereocenters. The maximum Gasteiger partial charge on any atom is 0.332 e. The quantitative estimate of drug-likeness (QED) is 0.338. The number of rotatable bonds is 4. The molecule has 3 fully saturated rings. The van der Waals surface area contributed by atoms with Gasteiger partial charge in [-0.2, -0.15) is 0 Å². The fraction of sp³-hybridized carbons (Fsp3) is 0.481. The van der Waals surface area contributed by atoms with Gasteiger partial charge in [-0.3, -0.25) is 39.2 Å². The van der Waals surface area contributed by atoms with E-state index in [1.54, 1.807) is 12.1 Å². The molecule has 1 aromatic rings. The second kappa shape index (κ2) is 9.60. The molecule has 4 aliphatic rings. The van der Waals surface area contributed by atoms with Gasteiger partial charge < -0.3 is 9.80 Å². The van der Waals surface area contributed by atoms with Crippen molar-refractivity contribution >= 4 is 47.5 Å². The van der Waals surface area contributed by atoms with E-state index in [9.17, 15) is 28.8 Å². The fourth-order valence-corrected chi connectivity index (χ4v) is 6.07. The van der Waals surface area contributed by atoms with E-state index in [-0.39, 0.29) is 18.5 Å². The molecule has 1 atom stereocenters. The number of carbonyl (C=O) groups is 6. The topological polar surface area (TPSA) is 131 Å². The van der Waals surface area contributed by atoms with E-state index in [2.05, 4.69) is 15.1 Å². The molecule has 0 aromatic heterocycles. The summed E-state index contributed by atoms with van der Waals surface area (Å²) in [5, 5.41) is 2.23. The molecule has 8 amide bonds. The Morgan fingerprint density at radius 2 is 1.69 bits per heavy atom. The number of nitrogens with one attached hydrogen (secondary N) is 1. The summed E-state index contributed by atoms with van der Waals surface area (Å²) in [6.07, 6.45) is 2.88. The van der Waals surface area contributed by atoms with Gasteiger partial charge in [0.15, 0.2) is 5.41 Å². The van der Waals surface area contributed by atoms with Crippen molar-refractivity contribution in [2.75, 3.05) is 52.2 Å². The molecule has 0 bridgehead atoms. The molecule has 5 rings (SSSR count). The van der Waals surface area contributed by atoms with Crippen molar-refractivity contribution in [1.82, 2.24) is 24.9 Å². The zero-order chi connectivity index (χ0) is 28.2. The number of carbonyl (C=O) groups excluding carboxylic acids is 6. The summed E-state index contributed by atoms with van der Waals surface area (Å²) in [4.78, 5) is 85.1. The Morgan fingerprint density at radius 1 is 1.00 bits per heavy atom. The van der Waals surface area contributed by atoms with Crippen LogP contribution in [-0.2, 0) is 25.6 Å². The maximum atomic E-state index is 13.7. The van der Waals surface area contributed by atoms with Crippen LogP contribution in [0.2, 0.25) is 0 Å². The first kappa shape index (κ1) is 26.5. The van der Waals surface area contributed by atoms with Gasteiger partial charge in [-0.25, -0.2) is 9.59 Å². The van der Waals surface area contributed by atoms with E-state index in [0.717, 1.165) is 33.4 Å². The number of hydrogen-bond donors (Lipinski definition) is 1. The van der Waals surface area contributed by atoms with Crippen LogP contribution in [0.4, 0.5) is 15.3 Å². The molecule has 206 valence electrons. The van der Waals surface area contributed by atoms with E-state index in [1.807, 2.05) is 20.0 Å². The lowest BCUT2D eigenvalue weighted by atomic mass is 9.67. The average Bonchev–Trinajstić information content (AvgIpc) is 2.91. The van der Waals surface area contributed by atoms with E-state index in [1.165, 1.54) is 20.2 Å². The number of amides is 8. The van der Waals surface area contributed by atoms with Gasteiger partial charge >= 0.3 is 12.1 Å². The summed E-state index contributed by atoms with van der Waals surface area (Å²) >= 11 is 0. The van der Waals surface area contributed by atoms with Crippen LogP contribution in [0, 0.1) is 5.41 Å². The monoisotopic (exact) mass is 536 g/mol. The van der Waals surface area contributed by atoms with Gasteiger partial charge in [0.1, 0.15) is 5.57 Å². The lowest BCUT2D eigenvalue weighted by Gasteiger charge is -2.55. The van der Waals surface area contributed by atoms with Crippen molar-refractivity contribution in [1.29, 1.82) is 0 Å². The molecule has 4 heterocycles. The number of unbranched alkanes of at least 4 members (excludes halogenated alkanes) is 1. The molecule has 4 aliphatic heterocycles. The Labute approximate surface area is 226 Å². The number of likely N-dealkylation sites (N-methyl/N-ethyl adjacent to an activating group) is 1. The third kappa shape index (κ3) is 4.01. The molecular formula is C27H32N6O6. The Balaban J connectivity index is 1.58. The molecule has 0 saturated carbocycles. The first-order valence-electron chi connectivity index (χ1n) is 13.1. The van der Waals surface area contributed by atoms with Crippen LogP contribution in [0.25, 0.3) is 6.08 Å². The first-order chi connectivity index (χ1) is 18.5. The number of anilines is 1. The maximum absolute atomic E-state index is 13.7. The van der Waals surface area contributed by atoms with Gasteiger partial charge in [0.2, 0.25) is 11.8 Å². The van der Waals surface area contributed by atoms with Gasteiger partial charge in [-0.1, -0.05) is 19.4 Å². The smallest absolute Gasteiger partial charge is 0.332 e. The SMILES string of the molecule is CCCCN1C(=O)NC(=O)/C(=C\c2ccc3c(c2)CC2(C(=O)N(C)C(=O)N(C)C2=O)[C@H]2CN(C)CCN32)C1=O. The van der Waals surface area contributed by atoms with Crippen molar-refractivity contribution < 1.29 is 28.8 Å². The van der Waals surface area contributed by atoms with Gasteiger partial charge in [-0.05, 0) is 49.2 Å². The van der Waals surface area contributed by atoms with Crippen molar-refractivity contribution in [2.24, 2.45) is 5.41 Å². The highest BCUT2D eigenvalue weighted by Crippen LogP contribution is 2.47. The van der Waals surface area contributed by atoms with Crippen molar-refractivity contribution in [2.45, 2.75) is 32.2 Å². The third-order valence-electron chi connectivity index (χ3n) is 8.21. The summed E-state index contributed by atoms with van der Waals surface area (Å²) in [5.41, 5.74) is 0.414. The molecule has 0 radical (unpaired) electrons. The highest BCUT2D eigenvalue weighted by atomic mass is 16.2. The van der Waals surface area contributed by atoms with Gasteiger partial charge in [-0.15, -0.1) is 0 Å². The second-order valence-electron chi connectivity index (χ2n) is 10.6. The van der Waals surface area contributed by atoms with Crippen LogP contribution in [0.15, 0.2) is 23.8 Å². The minimum atomic E-state index is -1.51. The highest BCUT2D eigenvalue weighted by molar-refractivity contribution is 6.31. The second-order valence-corrected chi connectivity index (χ2v) is 10.6. The molecule has 12 nitrogen and oxygen atoms in total. The zero-order valence-electron chi connectivity index (χ0n) is 22.5. The number of nitrogens with zero attached hydrogens (tertiary/aromatic N) is 5. The molecule has 1 aromatic carbocycles. The Hall–Kier alpha value is -4.06. The van der Waals surface area contributed by atoms with Crippen LogP contribution >= 0.6 is 0 Å². The summed E-state index contributed by atoms with van der Waals surface area (Å²) in [5.74, 6) is -2.51. The highest BCUT2D eigenvalue weighted by Gasteiger charge is 2.63. The average molecular weight is 537 g/mol. The first-order valence-corrected chi connectivity index (χ1v) is 13.1. The minimum Gasteiger partial charge on any atom is -0.364 e. The van der Waals surface area contributed by atoms with E-state index >= 15 is 0 Å². The summed E-state index contributed by atoms with van der Waals surface area (Å²) < 4.78 is 0. The summed E-state index contributed by atoms with van der Waals surface area (Å²) in [6.45, 7) is 3.91. The van der Waals surface area contributed by atoms with Crippen LogP contribution in [0.5, 0.6) is 0 Å². The lowest BCUT2D eigenvalue weighted by molar-refractivity contribution is -0.160. The number of benzene rings is 1. The van der Waals surface area contributed by atoms with Crippen LogP contribution < -0.4 is 10.2 Å². The van der Waals surface area contributed by atoms with Crippen molar-refractivity contribution in [3.8, 4) is 0 Å². The van der Waals surface area contributed by atoms with Gasteiger partial charge in [0.05, 0.1) is 6.04 Å². The number of fused-ring (bicyclic) bond motifs is 4. The molecule has 39 heavy (non-hydrogen) atoms. The third-order valence-corrected chi connectivity index (χ3v) is 8.21. The largest absolute Gasteiger partial charge is 0.364 e. The molecule has 12 heteroatoms. The van der Waals surface area contributed by atoms with Crippen molar-refractivity contribution in [3.05, 3.63) is 34.9 Å². The van der Waals surface area contributed by atoms with Gasteiger partial charge in [0.25, 0.3) is 11.8 Å². The Bertz CT molecular complexity index is 1310. The lowest BCUT2D eigenvalue weighted by Crippen LogP contribution is -2.74. The number of hydrogen-bond acceptors (Lipinski definition) is 8. The van der Waals surface area contributed by atoms with Gasteiger partial charge in [0, 0.05) is 46.0 Å². The molecular weight excluding hydrogens is 504 g/mol. The fourth-order valence-electron chi connectivity index (χ4n) is 6.07. The molecule has 1 N–H and O–H groups in total. The minimum absolute atomic E-state index is 0.0647. The Kier molecular flexibility index (Phi) is 6.53. The predicted octanol–water partition coefficient (Wildman–Crippen LogP) is 0.662. The van der Waals surface area contributed by atoms with E-state index < -0.39 is 47.1 Å². The van der Waals surface area contributed by atoms with Crippen LogP contribution in [-0.4, -0.2) is 109 Å². The summed E-state index contributed by atoms with van der Waals surface area (Å²) in [7, 11) is 4.72. The Morgan fingerprint density at radius 3 is 2.36 bits per heavy atom.